The molecule has 0 aromatic heterocycles. The van der Waals surface area contributed by atoms with Crippen molar-refractivity contribution in [1.82, 2.24) is 4.90 Å². The van der Waals surface area contributed by atoms with Crippen LogP contribution in [0.3, 0.4) is 0 Å². The van der Waals surface area contributed by atoms with Gasteiger partial charge in [0.2, 0.25) is 0 Å². The van der Waals surface area contributed by atoms with Crippen molar-refractivity contribution in [3.05, 3.63) is 63.1 Å². The summed E-state index contributed by atoms with van der Waals surface area (Å²) in [6.07, 6.45) is 0. The molecule has 0 unspecified atom stereocenters. The van der Waals surface area contributed by atoms with Crippen molar-refractivity contribution in [3.8, 4) is 0 Å². The first-order valence-corrected chi connectivity index (χ1v) is 7.18. The van der Waals surface area contributed by atoms with Crippen LogP contribution >= 0.6 is 27.5 Å². The molecule has 19 heavy (non-hydrogen) atoms. The fraction of sp³-hybridized carbons (Fsp3) is 0.200. The van der Waals surface area contributed by atoms with Crippen molar-refractivity contribution in [2.24, 2.45) is 0 Å². The normalized spacial score (nSPS) is 10.9. The Morgan fingerprint density at radius 1 is 1.05 bits per heavy atom. The highest BCUT2D eigenvalue weighted by atomic mass is 79.9. The fourth-order valence-electron chi connectivity index (χ4n) is 1.94. The number of nitrogen functional groups attached to an aromatic ring is 1. The molecule has 0 saturated heterocycles. The Hall–Kier alpha value is -1.03. The maximum atomic E-state index is 6.03. The number of benzene rings is 2. The van der Waals surface area contributed by atoms with Crippen LogP contribution in [0.4, 0.5) is 5.69 Å². The minimum Gasteiger partial charge on any atom is -0.398 e. The summed E-state index contributed by atoms with van der Waals surface area (Å²) < 4.78 is 1.10. The Balaban J connectivity index is 1.98. The number of nitrogens with two attached hydrogens (primary N) is 1. The summed E-state index contributed by atoms with van der Waals surface area (Å²) in [5.41, 5.74) is 8.78. The number of hydrogen-bond acceptors (Lipinski definition) is 2. The lowest BCUT2D eigenvalue weighted by Gasteiger charge is -2.17. The third-order valence-electron chi connectivity index (χ3n) is 2.88. The molecule has 2 rings (SSSR count). The smallest absolute Gasteiger partial charge is 0.0638 e. The van der Waals surface area contributed by atoms with E-state index in [0.29, 0.717) is 10.7 Å². The molecular weight excluding hydrogens is 324 g/mol. The number of rotatable bonds is 4. The molecule has 0 aliphatic heterocycles. The van der Waals surface area contributed by atoms with Crippen molar-refractivity contribution in [3.63, 3.8) is 0 Å². The minimum atomic E-state index is 0.620. The molecule has 0 amide bonds. The lowest BCUT2D eigenvalue weighted by atomic mass is 10.1. The van der Waals surface area contributed by atoms with Gasteiger partial charge in [-0.25, -0.2) is 0 Å². The average Bonchev–Trinajstić information content (AvgIpc) is 2.37. The summed E-state index contributed by atoms with van der Waals surface area (Å²) in [5, 5.41) is 0.620. The molecule has 100 valence electrons. The van der Waals surface area contributed by atoms with Gasteiger partial charge in [0.05, 0.1) is 10.7 Å². The fourth-order valence-corrected chi connectivity index (χ4v) is 2.41. The zero-order valence-electron chi connectivity index (χ0n) is 10.7. The van der Waals surface area contributed by atoms with E-state index in [1.54, 1.807) is 0 Å². The minimum absolute atomic E-state index is 0.620. The Morgan fingerprint density at radius 2 is 1.63 bits per heavy atom. The Labute approximate surface area is 127 Å². The largest absolute Gasteiger partial charge is 0.398 e. The van der Waals surface area contributed by atoms with Gasteiger partial charge in [0.25, 0.3) is 0 Å². The van der Waals surface area contributed by atoms with Crippen molar-refractivity contribution in [2.45, 2.75) is 13.1 Å². The van der Waals surface area contributed by atoms with E-state index < -0.39 is 0 Å². The van der Waals surface area contributed by atoms with E-state index in [4.69, 9.17) is 17.3 Å². The van der Waals surface area contributed by atoms with E-state index in [2.05, 4.69) is 52.1 Å². The van der Waals surface area contributed by atoms with Crippen molar-refractivity contribution in [2.75, 3.05) is 12.8 Å². The van der Waals surface area contributed by atoms with E-state index in [-0.39, 0.29) is 0 Å². The van der Waals surface area contributed by atoms with Gasteiger partial charge < -0.3 is 5.73 Å². The zero-order valence-corrected chi connectivity index (χ0v) is 13.1. The van der Waals surface area contributed by atoms with E-state index in [1.165, 1.54) is 11.1 Å². The van der Waals surface area contributed by atoms with Crippen LogP contribution in [0.15, 0.2) is 46.9 Å². The zero-order chi connectivity index (χ0) is 13.8. The predicted octanol–water partition coefficient (Wildman–Crippen LogP) is 4.32. The van der Waals surface area contributed by atoms with E-state index in [0.717, 1.165) is 17.6 Å². The Kier molecular flexibility index (Phi) is 4.86. The van der Waals surface area contributed by atoms with Gasteiger partial charge in [-0.3, -0.25) is 4.90 Å². The van der Waals surface area contributed by atoms with Crippen LogP contribution in [0.25, 0.3) is 0 Å². The molecule has 0 spiro atoms. The van der Waals surface area contributed by atoms with Gasteiger partial charge in [-0.15, -0.1) is 0 Å². The number of halogens is 2. The van der Waals surface area contributed by atoms with Crippen LogP contribution in [0.1, 0.15) is 11.1 Å². The monoisotopic (exact) mass is 338 g/mol. The van der Waals surface area contributed by atoms with E-state index in [9.17, 15) is 0 Å². The second-order valence-corrected chi connectivity index (χ2v) is 5.98. The molecule has 2 aromatic carbocycles. The van der Waals surface area contributed by atoms with Crippen LogP contribution in [-0.2, 0) is 13.1 Å². The summed E-state index contributed by atoms with van der Waals surface area (Å²) in [4.78, 5) is 2.24. The average molecular weight is 340 g/mol. The SMILES string of the molecule is CN(Cc1ccc(Br)cc1)Cc1ccc(N)c(Cl)c1. The molecule has 0 aliphatic rings. The van der Waals surface area contributed by atoms with Gasteiger partial charge in [-0.05, 0) is 42.4 Å². The van der Waals surface area contributed by atoms with Crippen molar-refractivity contribution in [1.29, 1.82) is 0 Å². The maximum absolute atomic E-state index is 6.03. The highest BCUT2D eigenvalue weighted by molar-refractivity contribution is 9.10. The van der Waals surface area contributed by atoms with Gasteiger partial charge >= 0.3 is 0 Å². The number of hydrogen-bond donors (Lipinski definition) is 1. The topological polar surface area (TPSA) is 29.3 Å². The molecule has 4 heteroatoms. The van der Waals surface area contributed by atoms with Crippen LogP contribution in [0.2, 0.25) is 5.02 Å². The lowest BCUT2D eigenvalue weighted by Crippen LogP contribution is -2.17. The number of anilines is 1. The summed E-state index contributed by atoms with van der Waals surface area (Å²) in [7, 11) is 2.09. The summed E-state index contributed by atoms with van der Waals surface area (Å²) in [6.45, 7) is 1.74. The molecule has 2 nitrogen and oxygen atoms in total. The quantitative estimate of drug-likeness (QED) is 0.841. The van der Waals surface area contributed by atoms with Gasteiger partial charge in [-0.2, -0.15) is 0 Å². The van der Waals surface area contributed by atoms with Gasteiger partial charge in [0.15, 0.2) is 0 Å². The Bertz CT molecular complexity index is 555. The van der Waals surface area contributed by atoms with Gasteiger partial charge in [-0.1, -0.05) is 45.7 Å². The molecule has 0 radical (unpaired) electrons. The Morgan fingerprint density at radius 3 is 2.26 bits per heavy atom. The van der Waals surface area contributed by atoms with Crippen LogP contribution in [-0.4, -0.2) is 11.9 Å². The molecule has 2 aromatic rings. The third-order valence-corrected chi connectivity index (χ3v) is 3.74. The third kappa shape index (κ3) is 4.23. The first-order chi connectivity index (χ1) is 9.04. The summed E-state index contributed by atoms with van der Waals surface area (Å²) >= 11 is 9.47. The molecule has 0 bridgehead atoms. The molecular formula is C15H16BrClN2. The highest BCUT2D eigenvalue weighted by Crippen LogP contribution is 2.21. The van der Waals surface area contributed by atoms with Crippen molar-refractivity contribution >= 4 is 33.2 Å². The maximum Gasteiger partial charge on any atom is 0.0638 e. The van der Waals surface area contributed by atoms with Gasteiger partial charge in [0, 0.05) is 17.6 Å². The standard InChI is InChI=1S/C15H16BrClN2/c1-19(9-11-2-5-13(16)6-3-11)10-12-4-7-15(18)14(17)8-12/h2-8H,9-10,18H2,1H3. The first-order valence-electron chi connectivity index (χ1n) is 6.01. The molecule has 0 fully saturated rings. The van der Waals surface area contributed by atoms with Crippen LogP contribution in [0.5, 0.6) is 0 Å². The molecule has 2 N–H and O–H groups in total. The van der Waals surface area contributed by atoms with E-state index >= 15 is 0 Å². The second-order valence-electron chi connectivity index (χ2n) is 4.65. The summed E-state index contributed by atoms with van der Waals surface area (Å²) in [5.74, 6) is 0. The van der Waals surface area contributed by atoms with Crippen LogP contribution < -0.4 is 5.73 Å². The second kappa shape index (κ2) is 6.42. The molecule has 0 heterocycles. The highest BCUT2D eigenvalue weighted by Gasteiger charge is 2.04. The summed E-state index contributed by atoms with van der Waals surface area (Å²) in [6, 6.07) is 14.2. The van der Waals surface area contributed by atoms with Crippen LogP contribution in [0, 0.1) is 0 Å². The van der Waals surface area contributed by atoms with Gasteiger partial charge in [0.1, 0.15) is 0 Å². The molecule has 0 atom stereocenters. The van der Waals surface area contributed by atoms with E-state index in [1.807, 2.05) is 18.2 Å². The predicted molar refractivity (Wildman–Crippen MR) is 85.2 cm³/mol. The number of nitrogens with zero attached hydrogens (tertiary/aromatic N) is 1. The lowest BCUT2D eigenvalue weighted by molar-refractivity contribution is 0.319. The van der Waals surface area contributed by atoms with Crippen molar-refractivity contribution < 1.29 is 0 Å². The molecule has 0 aliphatic carbocycles. The molecule has 0 saturated carbocycles. The first kappa shape index (κ1) is 14.4.